The van der Waals surface area contributed by atoms with Crippen molar-refractivity contribution in [3.05, 3.63) is 262 Å². The Bertz CT molecular complexity index is 6360. The van der Waals surface area contributed by atoms with Crippen molar-refractivity contribution in [2.45, 2.75) is 86.6 Å². The summed E-state index contributed by atoms with van der Waals surface area (Å²) in [5.41, 5.74) is 27.6. The second-order valence-corrected chi connectivity index (χ2v) is 36.3. The van der Waals surface area contributed by atoms with Crippen molar-refractivity contribution in [3.8, 4) is 0 Å². The van der Waals surface area contributed by atoms with E-state index >= 15 is 0 Å². The number of aromatic nitrogens is 16. The van der Waals surface area contributed by atoms with Gasteiger partial charge in [0.25, 0.3) is 22.2 Å². The van der Waals surface area contributed by atoms with E-state index in [2.05, 4.69) is 64.7 Å². The summed E-state index contributed by atoms with van der Waals surface area (Å²) >= 11 is 0. The van der Waals surface area contributed by atoms with E-state index in [4.69, 9.17) is 84.4 Å². The fraction of sp³-hybridized carbons (Fsp3) is 0.303. The zero-order chi connectivity index (χ0) is 87.0. The molecule has 0 aliphatic rings. The molecule has 0 spiro atoms. The SMILES string of the molecule is Cc1ccc(COP(=O)(COCCn2cnc3c(=O)[nH]c(N)nc32)OCc2cccc(F)c2)o1.Cc1ccc(COP(=O)(COCCn2cnc3c(=O)[nH]c(N)nc32)OCc2ccccc2)o1.Cc1ccc(COP(C)(=O)COCCn2cnc3c(=O)[nH]c(N)nc32)cc1.[C-]#[N+]c1ccc(COP(C)(=O)COCCn2cnc3c(=O)[nH]c(N)nc32)cc1. The molecule has 0 aliphatic heterocycles. The molecule has 10 heterocycles. The van der Waals surface area contributed by atoms with Crippen LogP contribution in [0.1, 0.15) is 50.9 Å². The average Bonchev–Trinajstić information content (AvgIpc) is 1.67. The van der Waals surface area contributed by atoms with Gasteiger partial charge in [-0.25, -0.2) is 29.2 Å². The van der Waals surface area contributed by atoms with Crippen LogP contribution in [0.3, 0.4) is 0 Å². The Hall–Kier alpha value is -12.0. The highest BCUT2D eigenvalue weighted by Crippen LogP contribution is 2.51. The summed E-state index contributed by atoms with van der Waals surface area (Å²) in [6.07, 6.45) is 5.22. The van der Waals surface area contributed by atoms with E-state index in [1.165, 1.54) is 50.2 Å². The van der Waals surface area contributed by atoms with Crippen molar-refractivity contribution in [2.75, 3.05) is 88.1 Å². The van der Waals surface area contributed by atoms with Gasteiger partial charge in [-0.05, 0) is 79.4 Å². The van der Waals surface area contributed by atoms with Gasteiger partial charge in [0.05, 0.1) is 84.7 Å². The number of hydrogen-bond donors (Lipinski definition) is 8. The van der Waals surface area contributed by atoms with E-state index in [0.717, 1.165) is 28.0 Å². The van der Waals surface area contributed by atoms with Gasteiger partial charge in [0.2, 0.25) is 38.5 Å². The minimum absolute atomic E-state index is 0.00163. The van der Waals surface area contributed by atoms with Crippen molar-refractivity contribution in [2.24, 2.45) is 0 Å². The molecule has 14 aromatic rings. The first-order valence-corrected chi connectivity index (χ1v) is 45.1. The molecule has 0 aliphatic carbocycles. The molecule has 4 atom stereocenters. The normalized spacial score (nSPS) is 13.4. The predicted octanol–water partition coefficient (Wildman–Crippen LogP) is 11.0. The molecule has 12 N–H and O–H groups in total. The summed E-state index contributed by atoms with van der Waals surface area (Å²) in [6.45, 7) is 18.0. The minimum Gasteiger partial charge on any atom is -0.464 e. The molecule has 0 fully saturated rings. The zero-order valence-corrected chi connectivity index (χ0v) is 70.2. The number of aromatic amines is 4. The van der Waals surface area contributed by atoms with E-state index in [1.807, 2.05) is 68.4 Å². The van der Waals surface area contributed by atoms with Crippen molar-refractivity contribution in [1.82, 2.24) is 78.1 Å². The fourth-order valence-corrected chi connectivity index (χ4v) is 15.5. The van der Waals surface area contributed by atoms with Crippen molar-refractivity contribution < 1.29 is 77.6 Å². The number of nitrogens with zero attached hydrogens (tertiary/aromatic N) is 13. The van der Waals surface area contributed by atoms with Crippen LogP contribution in [0.15, 0.2) is 181 Å². The van der Waals surface area contributed by atoms with Gasteiger partial charge in [-0.1, -0.05) is 96.6 Å². The summed E-state index contributed by atoms with van der Waals surface area (Å²) in [6, 6.07) is 36.9. The fourth-order valence-electron chi connectivity index (χ4n) is 11.1. The molecule has 0 radical (unpaired) electrons. The number of furan rings is 2. The Morgan fingerprint density at radius 1 is 0.410 bits per heavy atom. The molecule has 644 valence electrons. The topological polar surface area (TPSA) is 550 Å². The number of rotatable bonds is 38. The van der Waals surface area contributed by atoms with Crippen LogP contribution in [0.25, 0.3) is 49.5 Å². The van der Waals surface area contributed by atoms with Gasteiger partial charge < -0.3 is 87.1 Å². The number of fused-ring (bicyclic) bond motifs is 4. The molecule has 46 heteroatoms. The number of H-pyrrole nitrogens is 4. The highest BCUT2D eigenvalue weighted by atomic mass is 31.2. The molecule has 10 aromatic heterocycles. The first-order chi connectivity index (χ1) is 58.4. The monoisotopic (exact) mass is 1760 g/mol. The lowest BCUT2D eigenvalue weighted by molar-refractivity contribution is 0.114. The third-order valence-electron chi connectivity index (χ3n) is 17.2. The Balaban J connectivity index is 0.000000159. The summed E-state index contributed by atoms with van der Waals surface area (Å²) < 4.78 is 138. The third-order valence-corrected chi connectivity index (χ3v) is 23.0. The lowest BCUT2D eigenvalue weighted by atomic mass is 10.2. The standard InChI is InChI=1S/C21H23FN5O6P.C21H24N5O6P.C17H19N6O4P.C17H22N5O4P/c1-14-5-6-17(33-14)11-32-34(29,31-10-15-3-2-4-16(22)9-15)13-30-8-7-27-12-24-18-19(27)25-21(23)26-20(18)28;1-15-7-8-17(32-15)12-31-33(28,30-11-16-5-3-2-4-6-16)14-29-10-9-26-13-23-18-19(26)24-21(22)25-20(18)27;1-19-13-5-3-12(4-6-13)9-27-28(2,25)11-26-8-7-23-10-20-14-15(23)21-17(18)22-16(14)24;1-12-3-5-13(6-4-12)9-26-27(2,24)11-25-8-7-22-10-19-14-15(22)20-17(18)21-16(14)23/h2-6,9,12H,7-8,10-11,13H2,1H3,(H3,23,25,26,28);2-8,13H,9-12,14H2,1H3,(H3,22,24,25,27);3-6,10H,7-9,11H2,2H3,(H3,18,21,22,24);3-6,10H,7-9,11H2,1-2H3,(H3,18,20,21,23). The van der Waals surface area contributed by atoms with Gasteiger partial charge in [0.1, 0.15) is 67.5 Å². The number of anilines is 4. The second kappa shape index (κ2) is 42.5. The van der Waals surface area contributed by atoms with Crippen LogP contribution in [0.4, 0.5) is 33.9 Å². The molecule has 4 unspecified atom stereocenters. The zero-order valence-electron chi connectivity index (χ0n) is 66.6. The Morgan fingerprint density at radius 2 is 0.738 bits per heavy atom. The maximum absolute atomic E-state index is 13.5. The number of nitrogens with two attached hydrogens (primary N) is 4. The molecule has 0 saturated heterocycles. The molecule has 41 nitrogen and oxygen atoms in total. The highest BCUT2D eigenvalue weighted by molar-refractivity contribution is 7.58. The predicted molar refractivity (Wildman–Crippen MR) is 448 cm³/mol. The maximum Gasteiger partial charge on any atom is 0.356 e. The van der Waals surface area contributed by atoms with E-state index in [-0.39, 0.29) is 149 Å². The van der Waals surface area contributed by atoms with Crippen molar-refractivity contribution in [3.63, 3.8) is 0 Å². The molecule has 14 rings (SSSR count). The van der Waals surface area contributed by atoms with E-state index in [0.29, 0.717) is 70.8 Å². The van der Waals surface area contributed by atoms with Gasteiger partial charge >= 0.3 is 15.2 Å². The van der Waals surface area contributed by atoms with E-state index in [9.17, 15) is 41.8 Å². The number of halogens is 1. The van der Waals surface area contributed by atoms with Crippen LogP contribution in [-0.4, -0.2) is 143 Å². The van der Waals surface area contributed by atoms with Gasteiger partial charge in [0.15, 0.2) is 50.3 Å². The number of imidazole rings is 4. The van der Waals surface area contributed by atoms with Crippen LogP contribution < -0.4 is 45.2 Å². The van der Waals surface area contributed by atoms with Gasteiger partial charge in [-0.3, -0.25) is 66.4 Å². The lowest BCUT2D eigenvalue weighted by Gasteiger charge is -2.18. The van der Waals surface area contributed by atoms with Crippen LogP contribution in [0, 0.1) is 33.2 Å². The number of ether oxygens (including phenoxy) is 4. The number of aryl methyl sites for hydroxylation is 3. The van der Waals surface area contributed by atoms with Crippen LogP contribution >= 0.6 is 29.9 Å². The number of nitrogens with one attached hydrogen (secondary N) is 4. The molecular formula is C76H88FN21O20P4. The summed E-state index contributed by atoms with van der Waals surface area (Å²) in [4.78, 5) is 92.6. The van der Waals surface area contributed by atoms with Gasteiger partial charge in [0, 0.05) is 39.5 Å². The lowest BCUT2D eigenvalue weighted by Crippen LogP contribution is -2.13. The molecule has 4 aromatic carbocycles. The third kappa shape index (κ3) is 27.0. The number of nitrogen functional groups attached to an aromatic ring is 4. The number of benzene rings is 4. The summed E-state index contributed by atoms with van der Waals surface area (Å²) in [7, 11) is -13.2. The summed E-state index contributed by atoms with van der Waals surface area (Å²) in [5, 5.41) is 0. The minimum atomic E-state index is -3.75. The molecule has 122 heavy (non-hydrogen) atoms. The molecule has 0 bridgehead atoms. The quantitative estimate of drug-likeness (QED) is 0.0101. The Morgan fingerprint density at radius 3 is 1.09 bits per heavy atom. The first kappa shape index (κ1) is 90.7. The van der Waals surface area contributed by atoms with Crippen molar-refractivity contribution >= 4 is 104 Å². The largest absolute Gasteiger partial charge is 0.464 e. The number of hydrogen-bond acceptors (Lipinski definition) is 32. The molecular weight excluding hydrogens is 1670 g/mol. The summed E-state index contributed by atoms with van der Waals surface area (Å²) in [5.74, 6) is 2.00. The second-order valence-electron chi connectivity index (χ2n) is 27.2. The van der Waals surface area contributed by atoms with Gasteiger partial charge in [-0.15, -0.1) is 0 Å². The van der Waals surface area contributed by atoms with Crippen LogP contribution in [-0.2, 0) is 130 Å². The maximum atomic E-state index is 13.5. The molecule has 0 saturated carbocycles. The Kier molecular flexibility index (Phi) is 31.6. The Labute approximate surface area is 693 Å². The van der Waals surface area contributed by atoms with Crippen molar-refractivity contribution in [1.29, 1.82) is 0 Å². The smallest absolute Gasteiger partial charge is 0.356 e. The first-order valence-electron chi connectivity index (χ1n) is 37.2. The van der Waals surface area contributed by atoms with Gasteiger partial charge in [-0.2, -0.15) is 19.9 Å². The highest BCUT2D eigenvalue weighted by Gasteiger charge is 2.29. The van der Waals surface area contributed by atoms with E-state index in [1.54, 1.807) is 86.5 Å². The van der Waals surface area contributed by atoms with E-state index < -0.39 is 52.4 Å². The molecule has 0 amide bonds. The average molecular weight is 1760 g/mol. The van der Waals surface area contributed by atoms with Crippen LogP contribution in [0.2, 0.25) is 0 Å². The van der Waals surface area contributed by atoms with Crippen LogP contribution in [0.5, 0.6) is 0 Å².